The lowest BCUT2D eigenvalue weighted by atomic mass is 9.93. The first-order chi connectivity index (χ1) is 10.8. The molecule has 0 bridgehead atoms. The molecule has 0 amide bonds. The summed E-state index contributed by atoms with van der Waals surface area (Å²) in [5, 5.41) is 5.31. The fourth-order valence-corrected chi connectivity index (χ4v) is 3.72. The molecule has 1 aliphatic heterocycles. The number of aryl methyl sites for hydroxylation is 1. The number of nitrogens with one attached hydrogen (secondary N) is 1. The van der Waals surface area contributed by atoms with Gasteiger partial charge in [-0.25, -0.2) is 4.98 Å². The Bertz CT molecular complexity index is 571. The smallest absolute Gasteiger partial charge is 0.236 e. The van der Waals surface area contributed by atoms with Gasteiger partial charge >= 0.3 is 0 Å². The molecule has 0 spiro atoms. The zero-order valence-electron chi connectivity index (χ0n) is 13.5. The van der Waals surface area contributed by atoms with Crippen LogP contribution in [0.1, 0.15) is 30.7 Å². The molecule has 4 nitrogen and oxygen atoms in total. The summed E-state index contributed by atoms with van der Waals surface area (Å²) in [6.07, 6.45) is 3.91. The van der Waals surface area contributed by atoms with Crippen molar-refractivity contribution in [3.8, 4) is 10.8 Å². The first-order valence-electron chi connectivity index (χ1n) is 8.13. The number of aromatic nitrogens is 1. The molecular weight excluding hydrogens is 294 g/mol. The van der Waals surface area contributed by atoms with Crippen LogP contribution in [0.15, 0.2) is 21.9 Å². The standard InChI is InChI=1S/C17H25N3OS/c1-13-15(19-17(21-13)16-4-3-11-22-16)12-20-9-6-14(7-10-20)5-8-18-2/h3-4,11,14,18H,5-10,12H2,1-2H3. The highest BCUT2D eigenvalue weighted by Gasteiger charge is 2.21. The minimum atomic E-state index is 0.770. The molecule has 0 atom stereocenters. The van der Waals surface area contributed by atoms with Gasteiger partial charge in [0.25, 0.3) is 0 Å². The molecule has 120 valence electrons. The van der Waals surface area contributed by atoms with Crippen LogP contribution in [0.4, 0.5) is 0 Å². The highest BCUT2D eigenvalue weighted by Crippen LogP contribution is 2.27. The first-order valence-corrected chi connectivity index (χ1v) is 9.01. The molecule has 22 heavy (non-hydrogen) atoms. The van der Waals surface area contributed by atoms with Crippen molar-refractivity contribution in [3.63, 3.8) is 0 Å². The van der Waals surface area contributed by atoms with Crippen LogP contribution in [0.2, 0.25) is 0 Å². The molecule has 5 heteroatoms. The lowest BCUT2D eigenvalue weighted by Crippen LogP contribution is -2.34. The fourth-order valence-electron chi connectivity index (χ4n) is 3.07. The number of hydrogen-bond acceptors (Lipinski definition) is 5. The van der Waals surface area contributed by atoms with Crippen molar-refractivity contribution in [3.05, 3.63) is 29.0 Å². The second-order valence-electron chi connectivity index (χ2n) is 6.11. The summed E-state index contributed by atoms with van der Waals surface area (Å²) in [6, 6.07) is 4.10. The lowest BCUT2D eigenvalue weighted by molar-refractivity contribution is 0.170. The largest absolute Gasteiger partial charge is 0.440 e. The second kappa shape index (κ2) is 7.40. The average molecular weight is 319 g/mol. The van der Waals surface area contributed by atoms with Crippen LogP contribution in [0, 0.1) is 12.8 Å². The Morgan fingerprint density at radius 1 is 1.41 bits per heavy atom. The van der Waals surface area contributed by atoms with Crippen molar-refractivity contribution >= 4 is 11.3 Å². The van der Waals surface area contributed by atoms with Gasteiger partial charge in [0.05, 0.1) is 10.6 Å². The predicted molar refractivity (Wildman–Crippen MR) is 91.1 cm³/mol. The highest BCUT2D eigenvalue weighted by molar-refractivity contribution is 7.13. The Morgan fingerprint density at radius 3 is 2.91 bits per heavy atom. The number of thiophene rings is 1. The van der Waals surface area contributed by atoms with Crippen molar-refractivity contribution in [2.75, 3.05) is 26.7 Å². The van der Waals surface area contributed by atoms with E-state index in [-0.39, 0.29) is 0 Å². The highest BCUT2D eigenvalue weighted by atomic mass is 32.1. The quantitative estimate of drug-likeness (QED) is 0.884. The van der Waals surface area contributed by atoms with Gasteiger partial charge in [0.2, 0.25) is 5.89 Å². The predicted octanol–water partition coefficient (Wildman–Crippen LogP) is 3.53. The Balaban J connectivity index is 1.56. The van der Waals surface area contributed by atoms with Crippen LogP contribution in [0.3, 0.4) is 0 Å². The van der Waals surface area contributed by atoms with Crippen molar-refractivity contribution in [2.45, 2.75) is 32.7 Å². The van der Waals surface area contributed by atoms with Crippen molar-refractivity contribution in [1.82, 2.24) is 15.2 Å². The molecule has 1 fully saturated rings. The molecule has 0 aromatic carbocycles. The number of rotatable bonds is 6. The van der Waals surface area contributed by atoms with Gasteiger partial charge in [-0.05, 0) is 70.2 Å². The van der Waals surface area contributed by atoms with E-state index in [4.69, 9.17) is 9.40 Å². The molecule has 2 aromatic heterocycles. The lowest BCUT2D eigenvalue weighted by Gasteiger charge is -2.31. The molecule has 0 unspecified atom stereocenters. The number of likely N-dealkylation sites (tertiary alicyclic amines) is 1. The van der Waals surface area contributed by atoms with Gasteiger partial charge in [-0.3, -0.25) is 4.90 Å². The molecule has 0 aliphatic carbocycles. The minimum Gasteiger partial charge on any atom is -0.440 e. The van der Waals surface area contributed by atoms with Crippen LogP contribution < -0.4 is 5.32 Å². The third kappa shape index (κ3) is 3.77. The fraction of sp³-hybridized carbons (Fsp3) is 0.588. The molecule has 3 heterocycles. The zero-order valence-corrected chi connectivity index (χ0v) is 14.3. The summed E-state index contributed by atoms with van der Waals surface area (Å²) in [4.78, 5) is 8.33. The Morgan fingerprint density at radius 2 is 2.23 bits per heavy atom. The molecule has 1 aliphatic rings. The topological polar surface area (TPSA) is 41.3 Å². The van der Waals surface area contributed by atoms with E-state index in [1.165, 1.54) is 32.4 Å². The third-order valence-corrected chi connectivity index (χ3v) is 5.37. The summed E-state index contributed by atoms with van der Waals surface area (Å²) in [5.41, 5.74) is 1.09. The van der Waals surface area contributed by atoms with E-state index >= 15 is 0 Å². The molecule has 0 saturated carbocycles. The van der Waals surface area contributed by atoms with Crippen molar-refractivity contribution < 1.29 is 4.42 Å². The summed E-state index contributed by atoms with van der Waals surface area (Å²) in [7, 11) is 2.04. The van der Waals surface area contributed by atoms with Crippen molar-refractivity contribution in [1.29, 1.82) is 0 Å². The number of oxazole rings is 1. The number of nitrogens with zero attached hydrogens (tertiary/aromatic N) is 2. The van der Waals surface area contributed by atoms with Gasteiger partial charge in [0.15, 0.2) is 0 Å². The monoisotopic (exact) mass is 319 g/mol. The summed E-state index contributed by atoms with van der Waals surface area (Å²) in [5.74, 6) is 2.61. The maximum atomic E-state index is 5.84. The van der Waals surface area contributed by atoms with Crippen LogP contribution in [-0.4, -0.2) is 36.6 Å². The summed E-state index contributed by atoms with van der Waals surface area (Å²) < 4.78 is 5.84. The van der Waals surface area contributed by atoms with E-state index in [1.54, 1.807) is 11.3 Å². The van der Waals surface area contributed by atoms with E-state index in [0.717, 1.165) is 41.2 Å². The minimum absolute atomic E-state index is 0.770. The molecular formula is C17H25N3OS. The molecule has 1 N–H and O–H groups in total. The summed E-state index contributed by atoms with van der Waals surface area (Å²) in [6.45, 7) is 6.43. The summed E-state index contributed by atoms with van der Waals surface area (Å²) >= 11 is 1.68. The molecule has 3 rings (SSSR count). The van der Waals surface area contributed by atoms with Gasteiger partial charge in [-0.15, -0.1) is 11.3 Å². The number of piperidine rings is 1. The molecule has 0 radical (unpaired) electrons. The molecule has 2 aromatic rings. The maximum Gasteiger partial charge on any atom is 0.236 e. The van der Waals surface area contributed by atoms with Crippen LogP contribution in [0.25, 0.3) is 10.8 Å². The first kappa shape index (κ1) is 15.7. The van der Waals surface area contributed by atoms with E-state index in [9.17, 15) is 0 Å². The number of hydrogen-bond donors (Lipinski definition) is 1. The SMILES string of the molecule is CNCCC1CCN(Cc2nc(-c3cccs3)oc2C)CC1. The third-order valence-electron chi connectivity index (χ3n) is 4.51. The van der Waals surface area contributed by atoms with Crippen LogP contribution in [0.5, 0.6) is 0 Å². The van der Waals surface area contributed by atoms with Gasteiger partial charge < -0.3 is 9.73 Å². The zero-order chi connectivity index (χ0) is 15.4. The van der Waals surface area contributed by atoms with Crippen LogP contribution >= 0.6 is 11.3 Å². The van der Waals surface area contributed by atoms with Gasteiger partial charge in [-0.2, -0.15) is 0 Å². The average Bonchev–Trinajstić information content (AvgIpc) is 3.17. The Hall–Kier alpha value is -1.17. The van der Waals surface area contributed by atoms with Gasteiger partial charge in [0, 0.05) is 6.54 Å². The maximum absolute atomic E-state index is 5.84. The normalized spacial score (nSPS) is 17.2. The van der Waals surface area contributed by atoms with Gasteiger partial charge in [-0.1, -0.05) is 6.07 Å². The van der Waals surface area contributed by atoms with E-state index in [2.05, 4.69) is 21.7 Å². The second-order valence-corrected chi connectivity index (χ2v) is 7.06. The van der Waals surface area contributed by atoms with Crippen molar-refractivity contribution in [2.24, 2.45) is 5.92 Å². The van der Waals surface area contributed by atoms with Gasteiger partial charge in [0.1, 0.15) is 5.76 Å². The van der Waals surface area contributed by atoms with E-state index in [1.807, 2.05) is 20.0 Å². The Labute approximate surface area is 136 Å². The van der Waals surface area contributed by atoms with Crippen LogP contribution in [-0.2, 0) is 6.54 Å². The molecule has 1 saturated heterocycles. The van der Waals surface area contributed by atoms with E-state index in [0.29, 0.717) is 0 Å². The van der Waals surface area contributed by atoms with E-state index < -0.39 is 0 Å². The Kier molecular flexibility index (Phi) is 5.28.